The number of aliphatic hydroxyl groups is 1. The number of halogens is 1. The van der Waals surface area contributed by atoms with Crippen molar-refractivity contribution in [3.8, 4) is 0 Å². The fraction of sp³-hybridized carbons (Fsp3) is 0.600. The average molecular weight is 266 g/mol. The van der Waals surface area contributed by atoms with Crippen LogP contribution in [0, 0.1) is 11.7 Å². The zero-order valence-electron chi connectivity index (χ0n) is 11.9. The first-order valence-corrected chi connectivity index (χ1v) is 6.93. The zero-order valence-corrected chi connectivity index (χ0v) is 11.9. The summed E-state index contributed by atoms with van der Waals surface area (Å²) >= 11 is 0. The van der Waals surface area contributed by atoms with Crippen LogP contribution in [0.1, 0.15) is 31.9 Å². The van der Waals surface area contributed by atoms with Gasteiger partial charge in [0, 0.05) is 30.4 Å². The molecule has 4 heteroatoms. The van der Waals surface area contributed by atoms with Crippen LogP contribution in [0.4, 0.5) is 10.1 Å². The number of nitrogens with zero attached hydrogens (tertiary/aromatic N) is 1. The van der Waals surface area contributed by atoms with Crippen LogP contribution < -0.4 is 10.2 Å². The van der Waals surface area contributed by atoms with Gasteiger partial charge in [-0.1, -0.05) is 13.0 Å². The molecule has 1 aliphatic heterocycles. The summed E-state index contributed by atoms with van der Waals surface area (Å²) in [7, 11) is 1.84. The average Bonchev–Trinajstić information content (AvgIpc) is 2.41. The highest BCUT2D eigenvalue weighted by Gasteiger charge is 2.27. The van der Waals surface area contributed by atoms with Crippen LogP contribution in [0.2, 0.25) is 0 Å². The van der Waals surface area contributed by atoms with Crippen LogP contribution in [0.25, 0.3) is 0 Å². The standard InChI is InChI=1S/C15H23FN2O/c1-10-9-18(8-7-14(10)19)13-6-4-5-12(16)15(13)11(2)17-3/h4-6,10-11,14,17,19H,7-9H2,1-3H3. The normalized spacial score (nSPS) is 25.4. The lowest BCUT2D eigenvalue weighted by atomic mass is 9.94. The summed E-state index contributed by atoms with van der Waals surface area (Å²) in [6, 6.07) is 5.20. The van der Waals surface area contributed by atoms with Crippen LogP contribution in [0.5, 0.6) is 0 Å². The summed E-state index contributed by atoms with van der Waals surface area (Å²) in [6.07, 6.45) is 0.500. The van der Waals surface area contributed by atoms with E-state index < -0.39 is 0 Å². The summed E-state index contributed by atoms with van der Waals surface area (Å²) in [4.78, 5) is 2.18. The molecule has 0 bridgehead atoms. The molecule has 1 aromatic carbocycles. The molecule has 106 valence electrons. The van der Waals surface area contributed by atoms with Crippen LogP contribution >= 0.6 is 0 Å². The highest BCUT2D eigenvalue weighted by molar-refractivity contribution is 5.56. The number of hydrogen-bond acceptors (Lipinski definition) is 3. The van der Waals surface area contributed by atoms with Gasteiger partial charge in [0.05, 0.1) is 6.10 Å². The number of aliphatic hydroxyl groups excluding tert-OH is 1. The number of anilines is 1. The molecule has 0 spiro atoms. The molecule has 0 aliphatic carbocycles. The van der Waals surface area contributed by atoms with Crippen LogP contribution in [0.3, 0.4) is 0 Å². The maximum atomic E-state index is 14.1. The summed E-state index contributed by atoms with van der Waals surface area (Å²) in [6.45, 7) is 5.55. The minimum absolute atomic E-state index is 0.0293. The molecule has 3 unspecified atom stereocenters. The van der Waals surface area contributed by atoms with Gasteiger partial charge in [0.25, 0.3) is 0 Å². The van der Waals surface area contributed by atoms with Crippen molar-refractivity contribution in [2.75, 3.05) is 25.0 Å². The molecule has 2 rings (SSSR count). The molecule has 2 N–H and O–H groups in total. The van der Waals surface area contributed by atoms with E-state index in [1.54, 1.807) is 6.07 Å². The van der Waals surface area contributed by atoms with Gasteiger partial charge in [-0.15, -0.1) is 0 Å². The Morgan fingerprint density at radius 3 is 2.84 bits per heavy atom. The molecule has 0 amide bonds. The molecule has 19 heavy (non-hydrogen) atoms. The van der Waals surface area contributed by atoms with Crippen molar-refractivity contribution in [1.29, 1.82) is 0 Å². The van der Waals surface area contributed by atoms with Gasteiger partial charge in [0.2, 0.25) is 0 Å². The Labute approximate surface area is 114 Å². The molecule has 1 aromatic rings. The third-order valence-corrected chi connectivity index (χ3v) is 4.10. The lowest BCUT2D eigenvalue weighted by Gasteiger charge is -2.37. The summed E-state index contributed by atoms with van der Waals surface area (Å²) in [5, 5.41) is 12.9. The van der Waals surface area contributed by atoms with Crippen LogP contribution in [0.15, 0.2) is 18.2 Å². The molecule has 1 saturated heterocycles. The smallest absolute Gasteiger partial charge is 0.130 e. The SMILES string of the molecule is CNC(C)c1c(F)cccc1N1CCC(O)C(C)C1. The second kappa shape index (κ2) is 5.88. The molecule has 0 aromatic heterocycles. The van der Waals surface area contributed by atoms with Gasteiger partial charge in [-0.2, -0.15) is 0 Å². The minimum Gasteiger partial charge on any atom is -0.393 e. The first-order chi connectivity index (χ1) is 9.04. The topological polar surface area (TPSA) is 35.5 Å². The lowest BCUT2D eigenvalue weighted by Crippen LogP contribution is -2.42. The molecule has 3 atom stereocenters. The fourth-order valence-electron chi connectivity index (χ4n) is 2.73. The van der Waals surface area contributed by atoms with Crippen molar-refractivity contribution < 1.29 is 9.50 Å². The van der Waals surface area contributed by atoms with Crippen molar-refractivity contribution in [3.05, 3.63) is 29.6 Å². The van der Waals surface area contributed by atoms with E-state index in [-0.39, 0.29) is 23.9 Å². The van der Waals surface area contributed by atoms with E-state index in [1.807, 2.05) is 27.0 Å². The zero-order chi connectivity index (χ0) is 14.0. The summed E-state index contributed by atoms with van der Waals surface area (Å²) in [5.74, 6) is 0.0490. The van der Waals surface area contributed by atoms with Crippen molar-refractivity contribution in [2.45, 2.75) is 32.4 Å². The van der Waals surface area contributed by atoms with E-state index in [1.165, 1.54) is 6.07 Å². The van der Waals surface area contributed by atoms with Crippen molar-refractivity contribution in [2.24, 2.45) is 5.92 Å². The predicted octanol–water partition coefficient (Wildman–Crippen LogP) is 2.31. The second-order valence-electron chi connectivity index (χ2n) is 5.46. The van der Waals surface area contributed by atoms with Crippen molar-refractivity contribution >= 4 is 5.69 Å². The van der Waals surface area contributed by atoms with Crippen LogP contribution in [-0.2, 0) is 0 Å². The largest absolute Gasteiger partial charge is 0.393 e. The van der Waals surface area contributed by atoms with Crippen LogP contribution in [-0.4, -0.2) is 31.3 Å². The van der Waals surface area contributed by atoms with E-state index in [0.717, 1.165) is 25.2 Å². The van der Waals surface area contributed by atoms with E-state index in [2.05, 4.69) is 10.2 Å². The minimum atomic E-state index is -0.241. The highest BCUT2D eigenvalue weighted by Crippen LogP contribution is 2.31. The maximum absolute atomic E-state index is 14.1. The van der Waals surface area contributed by atoms with E-state index in [4.69, 9.17) is 0 Å². The number of nitrogens with one attached hydrogen (secondary N) is 1. The Bertz CT molecular complexity index is 438. The summed E-state index contributed by atoms with van der Waals surface area (Å²) in [5.41, 5.74) is 1.66. The molecule has 0 saturated carbocycles. The molecular formula is C15H23FN2O. The summed E-state index contributed by atoms with van der Waals surface area (Å²) < 4.78 is 14.1. The third-order valence-electron chi connectivity index (χ3n) is 4.10. The Kier molecular flexibility index (Phi) is 4.42. The Morgan fingerprint density at radius 1 is 1.47 bits per heavy atom. The number of rotatable bonds is 3. The van der Waals surface area contributed by atoms with Gasteiger partial charge < -0.3 is 15.3 Å². The maximum Gasteiger partial charge on any atom is 0.130 e. The second-order valence-corrected chi connectivity index (χ2v) is 5.46. The first-order valence-electron chi connectivity index (χ1n) is 6.93. The van der Waals surface area contributed by atoms with Gasteiger partial charge >= 0.3 is 0 Å². The fourth-order valence-corrected chi connectivity index (χ4v) is 2.73. The highest BCUT2D eigenvalue weighted by atomic mass is 19.1. The van der Waals surface area contributed by atoms with Gasteiger partial charge in [-0.25, -0.2) is 4.39 Å². The lowest BCUT2D eigenvalue weighted by molar-refractivity contribution is 0.0970. The van der Waals surface area contributed by atoms with E-state index >= 15 is 0 Å². The molecule has 0 radical (unpaired) electrons. The number of piperidine rings is 1. The Hall–Kier alpha value is -1.13. The Balaban J connectivity index is 2.32. The molecular weight excluding hydrogens is 243 g/mol. The monoisotopic (exact) mass is 266 g/mol. The third kappa shape index (κ3) is 2.90. The number of hydrogen-bond donors (Lipinski definition) is 2. The van der Waals surface area contributed by atoms with E-state index in [0.29, 0.717) is 5.56 Å². The van der Waals surface area contributed by atoms with E-state index in [9.17, 15) is 9.50 Å². The van der Waals surface area contributed by atoms with Crippen molar-refractivity contribution in [1.82, 2.24) is 5.32 Å². The first kappa shape index (κ1) is 14.3. The Morgan fingerprint density at radius 2 is 2.21 bits per heavy atom. The molecule has 3 nitrogen and oxygen atoms in total. The molecule has 1 fully saturated rings. The quantitative estimate of drug-likeness (QED) is 0.881. The van der Waals surface area contributed by atoms with Gasteiger partial charge in [0.1, 0.15) is 5.82 Å². The predicted molar refractivity (Wildman–Crippen MR) is 75.9 cm³/mol. The van der Waals surface area contributed by atoms with Gasteiger partial charge in [0.15, 0.2) is 0 Å². The number of benzene rings is 1. The molecule has 1 heterocycles. The van der Waals surface area contributed by atoms with Gasteiger partial charge in [-0.3, -0.25) is 0 Å². The van der Waals surface area contributed by atoms with Crippen molar-refractivity contribution in [3.63, 3.8) is 0 Å². The van der Waals surface area contributed by atoms with Gasteiger partial charge in [-0.05, 0) is 38.4 Å². The molecule has 1 aliphatic rings.